The molecule has 0 aliphatic heterocycles. The van der Waals surface area contributed by atoms with Crippen LogP contribution in [0.25, 0.3) is 11.1 Å². The van der Waals surface area contributed by atoms with Gasteiger partial charge in [0.2, 0.25) is 0 Å². The highest BCUT2D eigenvalue weighted by molar-refractivity contribution is 5.89. The number of benzene rings is 4. The van der Waals surface area contributed by atoms with E-state index in [1.807, 2.05) is 66.7 Å². The second-order valence-electron chi connectivity index (χ2n) is 10.7. The molecule has 0 bridgehead atoms. The van der Waals surface area contributed by atoms with Gasteiger partial charge in [-0.15, -0.1) is 0 Å². The highest BCUT2D eigenvalue weighted by Crippen LogP contribution is 2.26. The molecule has 7 nitrogen and oxygen atoms in total. The molecule has 0 unspecified atom stereocenters. The highest BCUT2D eigenvalue weighted by atomic mass is 19.1. The third-order valence-corrected chi connectivity index (χ3v) is 7.64. The van der Waals surface area contributed by atoms with Crippen molar-refractivity contribution in [2.75, 3.05) is 34.4 Å². The van der Waals surface area contributed by atoms with Gasteiger partial charge in [-0.05, 0) is 84.5 Å². The Morgan fingerprint density at radius 1 is 0.756 bits per heavy atom. The number of unbranched alkanes of at least 4 members (excludes halogenated alkanes) is 1. The molecule has 0 saturated heterocycles. The summed E-state index contributed by atoms with van der Waals surface area (Å²) in [7, 11) is 4.38. The molecule has 4 aromatic carbocycles. The van der Waals surface area contributed by atoms with Gasteiger partial charge in [-0.1, -0.05) is 54.6 Å². The molecule has 0 spiro atoms. The maximum Gasteiger partial charge on any atom is 0.337 e. The van der Waals surface area contributed by atoms with Crippen molar-refractivity contribution in [1.82, 2.24) is 4.90 Å². The molecular weight excluding hydrogens is 573 g/mol. The van der Waals surface area contributed by atoms with E-state index in [0.717, 1.165) is 53.9 Å². The number of halogens is 1. The van der Waals surface area contributed by atoms with Gasteiger partial charge in [0.1, 0.15) is 23.9 Å². The molecule has 0 aliphatic rings. The topological polar surface area (TPSA) is 74.3 Å². The number of nitrogens with zero attached hydrogens (tertiary/aromatic N) is 1. The van der Waals surface area contributed by atoms with Crippen molar-refractivity contribution in [1.29, 1.82) is 0 Å². The third-order valence-electron chi connectivity index (χ3n) is 7.64. The maximum atomic E-state index is 15.1. The molecule has 0 saturated carbocycles. The Balaban J connectivity index is 1.40. The van der Waals surface area contributed by atoms with Gasteiger partial charge in [0.05, 0.1) is 26.9 Å². The third kappa shape index (κ3) is 9.91. The molecular formula is C37H40FNO6. The molecule has 0 amide bonds. The summed E-state index contributed by atoms with van der Waals surface area (Å²) in [6.45, 7) is 2.30. The first-order valence-corrected chi connectivity index (χ1v) is 15.0. The van der Waals surface area contributed by atoms with Gasteiger partial charge in [-0.25, -0.2) is 9.18 Å². The zero-order valence-electron chi connectivity index (χ0n) is 26.1. The first-order chi connectivity index (χ1) is 21.9. The molecule has 0 N–H and O–H groups in total. The lowest BCUT2D eigenvalue weighted by molar-refractivity contribution is -0.140. The number of carbonyl (C=O) groups excluding carboxylic acids is 2. The number of ether oxygens (including phenoxy) is 4. The molecule has 0 fully saturated rings. The van der Waals surface area contributed by atoms with Crippen LogP contribution in [0.2, 0.25) is 0 Å². The van der Waals surface area contributed by atoms with Gasteiger partial charge in [0.15, 0.2) is 0 Å². The molecule has 8 heteroatoms. The monoisotopic (exact) mass is 613 g/mol. The zero-order valence-corrected chi connectivity index (χ0v) is 26.1. The second kappa shape index (κ2) is 17.0. The normalized spacial score (nSPS) is 10.9. The summed E-state index contributed by atoms with van der Waals surface area (Å²) in [5.74, 6) is 0.559. The van der Waals surface area contributed by atoms with Crippen molar-refractivity contribution in [2.45, 2.75) is 38.8 Å². The maximum absolute atomic E-state index is 15.1. The van der Waals surface area contributed by atoms with Gasteiger partial charge in [0.25, 0.3) is 0 Å². The van der Waals surface area contributed by atoms with Gasteiger partial charge in [0, 0.05) is 25.1 Å². The Kier molecular flexibility index (Phi) is 12.5. The average Bonchev–Trinajstić information content (AvgIpc) is 3.08. The SMILES string of the molecule is COC(=O)CCCCN(CCc1ccccc1OCc1ccc(-c2ccc(OC)cc2)cc1F)Cc1ccc(C(=O)OC)cc1. The summed E-state index contributed by atoms with van der Waals surface area (Å²) in [5.41, 5.74) is 4.75. The predicted octanol–water partition coefficient (Wildman–Crippen LogP) is 7.25. The number of hydrogen-bond donors (Lipinski definition) is 0. The van der Waals surface area contributed by atoms with Crippen molar-refractivity contribution in [3.05, 3.63) is 119 Å². The lowest BCUT2D eigenvalue weighted by atomic mass is 10.0. The van der Waals surface area contributed by atoms with Crippen molar-refractivity contribution in [2.24, 2.45) is 0 Å². The number of methoxy groups -OCH3 is 3. The Morgan fingerprint density at radius 2 is 1.49 bits per heavy atom. The van der Waals surface area contributed by atoms with E-state index < -0.39 is 0 Å². The summed E-state index contributed by atoms with van der Waals surface area (Å²) in [4.78, 5) is 25.7. The van der Waals surface area contributed by atoms with E-state index in [1.54, 1.807) is 25.3 Å². The van der Waals surface area contributed by atoms with Gasteiger partial charge in [-0.2, -0.15) is 0 Å². The van der Waals surface area contributed by atoms with Gasteiger partial charge < -0.3 is 18.9 Å². The molecule has 0 aromatic heterocycles. The summed E-state index contributed by atoms with van der Waals surface area (Å²) in [6, 6.07) is 27.9. The molecule has 236 valence electrons. The smallest absolute Gasteiger partial charge is 0.337 e. The Bertz CT molecular complexity index is 1540. The number of rotatable bonds is 16. The fourth-order valence-electron chi connectivity index (χ4n) is 5.01. The quantitative estimate of drug-likeness (QED) is 0.0973. The molecule has 0 atom stereocenters. The second-order valence-corrected chi connectivity index (χ2v) is 10.7. The van der Waals surface area contributed by atoms with Crippen LogP contribution in [0.4, 0.5) is 4.39 Å². The van der Waals surface area contributed by atoms with Crippen molar-refractivity contribution in [3.8, 4) is 22.6 Å². The van der Waals surface area contributed by atoms with Crippen LogP contribution in [0, 0.1) is 5.82 Å². The van der Waals surface area contributed by atoms with Crippen LogP contribution in [0.1, 0.15) is 46.3 Å². The first kappa shape index (κ1) is 33.2. The molecule has 0 radical (unpaired) electrons. The van der Waals surface area contributed by atoms with Crippen LogP contribution in [0.3, 0.4) is 0 Å². The van der Waals surface area contributed by atoms with Crippen LogP contribution in [0.5, 0.6) is 11.5 Å². The van der Waals surface area contributed by atoms with Crippen molar-refractivity contribution in [3.63, 3.8) is 0 Å². The van der Waals surface area contributed by atoms with E-state index in [1.165, 1.54) is 20.3 Å². The molecule has 0 aliphatic carbocycles. The van der Waals surface area contributed by atoms with Gasteiger partial charge >= 0.3 is 11.9 Å². The molecule has 0 heterocycles. The standard InChI is InChI=1S/C37H40FNO6/c1-42-33-19-17-28(18-20-33)31-15-16-32(34(38)24-31)26-45-35-9-5-4-8-29(35)21-23-39(22-7-6-10-36(40)43-2)25-27-11-13-30(14-12-27)37(41)44-3/h4-5,8-9,11-20,24H,6-7,10,21-23,25-26H2,1-3H3. The van der Waals surface area contributed by atoms with E-state index in [-0.39, 0.29) is 24.4 Å². The number of para-hydroxylation sites is 1. The largest absolute Gasteiger partial charge is 0.497 e. The van der Waals surface area contributed by atoms with Crippen LogP contribution in [0.15, 0.2) is 91.0 Å². The summed E-state index contributed by atoms with van der Waals surface area (Å²) < 4.78 is 36.0. The lowest BCUT2D eigenvalue weighted by Crippen LogP contribution is -2.27. The van der Waals surface area contributed by atoms with Gasteiger partial charge in [-0.3, -0.25) is 9.69 Å². The molecule has 4 aromatic rings. The van der Waals surface area contributed by atoms with Crippen LogP contribution in [-0.2, 0) is 33.8 Å². The summed E-state index contributed by atoms with van der Waals surface area (Å²) >= 11 is 0. The van der Waals surface area contributed by atoms with Crippen LogP contribution in [-0.4, -0.2) is 51.3 Å². The van der Waals surface area contributed by atoms with E-state index in [4.69, 9.17) is 18.9 Å². The Labute approximate surface area is 264 Å². The van der Waals surface area contributed by atoms with Crippen LogP contribution < -0.4 is 9.47 Å². The Morgan fingerprint density at radius 3 is 2.18 bits per heavy atom. The fraction of sp³-hybridized carbons (Fsp3) is 0.297. The number of esters is 2. The minimum absolute atomic E-state index is 0.107. The Hall–Kier alpha value is -4.69. The first-order valence-electron chi connectivity index (χ1n) is 15.0. The lowest BCUT2D eigenvalue weighted by Gasteiger charge is -2.23. The predicted molar refractivity (Wildman–Crippen MR) is 172 cm³/mol. The molecule has 45 heavy (non-hydrogen) atoms. The van der Waals surface area contributed by atoms with Crippen molar-refractivity contribution >= 4 is 11.9 Å². The summed E-state index contributed by atoms with van der Waals surface area (Å²) in [5, 5.41) is 0. The molecule has 4 rings (SSSR count). The average molecular weight is 614 g/mol. The van der Waals surface area contributed by atoms with E-state index >= 15 is 4.39 Å². The fourth-order valence-corrected chi connectivity index (χ4v) is 5.01. The zero-order chi connectivity index (χ0) is 32.0. The van der Waals surface area contributed by atoms with Crippen molar-refractivity contribution < 1.29 is 32.9 Å². The van der Waals surface area contributed by atoms with E-state index in [2.05, 4.69) is 4.90 Å². The van der Waals surface area contributed by atoms with Crippen LogP contribution >= 0.6 is 0 Å². The number of carbonyl (C=O) groups is 2. The highest BCUT2D eigenvalue weighted by Gasteiger charge is 2.13. The minimum atomic E-state index is -0.370. The minimum Gasteiger partial charge on any atom is -0.497 e. The van der Waals surface area contributed by atoms with E-state index in [9.17, 15) is 9.59 Å². The number of hydrogen-bond acceptors (Lipinski definition) is 7. The summed E-state index contributed by atoms with van der Waals surface area (Å²) in [6.07, 6.45) is 2.66. The van der Waals surface area contributed by atoms with E-state index in [0.29, 0.717) is 36.3 Å².